The Balaban J connectivity index is 1.48. The first-order chi connectivity index (χ1) is 14.6. The molecule has 1 atom stereocenters. The molecule has 0 saturated carbocycles. The van der Waals surface area contributed by atoms with Crippen LogP contribution >= 0.6 is 0 Å². The second-order valence-corrected chi connectivity index (χ2v) is 7.05. The van der Waals surface area contributed by atoms with E-state index in [0.717, 1.165) is 16.9 Å². The molecule has 1 unspecified atom stereocenters. The van der Waals surface area contributed by atoms with Gasteiger partial charge in [-0.05, 0) is 35.9 Å². The van der Waals surface area contributed by atoms with Crippen molar-refractivity contribution in [2.45, 2.75) is 18.9 Å². The minimum absolute atomic E-state index is 0.0697. The normalized spacial score (nSPS) is 16.0. The van der Waals surface area contributed by atoms with Crippen LogP contribution in [0.4, 0.5) is 0 Å². The number of amides is 1. The van der Waals surface area contributed by atoms with Gasteiger partial charge in [0.25, 0.3) is 5.89 Å². The van der Waals surface area contributed by atoms with E-state index in [-0.39, 0.29) is 11.8 Å². The summed E-state index contributed by atoms with van der Waals surface area (Å²) in [4.78, 5) is 18.9. The summed E-state index contributed by atoms with van der Waals surface area (Å²) >= 11 is 0. The zero-order valence-corrected chi connectivity index (χ0v) is 17.1. The van der Waals surface area contributed by atoms with Crippen LogP contribution in [0.5, 0.6) is 17.2 Å². The molecule has 0 aliphatic carbocycles. The lowest BCUT2D eigenvalue weighted by Gasteiger charge is -2.16. The third-order valence-electron chi connectivity index (χ3n) is 5.16. The van der Waals surface area contributed by atoms with Gasteiger partial charge in [-0.3, -0.25) is 4.79 Å². The van der Waals surface area contributed by atoms with Crippen molar-refractivity contribution < 1.29 is 23.5 Å². The van der Waals surface area contributed by atoms with Gasteiger partial charge in [0.05, 0.1) is 21.3 Å². The Morgan fingerprint density at radius 1 is 1.07 bits per heavy atom. The molecule has 1 aliphatic rings. The van der Waals surface area contributed by atoms with Crippen molar-refractivity contribution >= 4 is 5.91 Å². The molecule has 4 rings (SSSR count). The summed E-state index contributed by atoms with van der Waals surface area (Å²) < 4.78 is 21.3. The minimum atomic E-state index is -0.110. The highest BCUT2D eigenvalue weighted by molar-refractivity contribution is 5.79. The van der Waals surface area contributed by atoms with Crippen molar-refractivity contribution in [3.63, 3.8) is 0 Å². The number of rotatable bonds is 7. The van der Waals surface area contributed by atoms with Gasteiger partial charge < -0.3 is 23.6 Å². The van der Waals surface area contributed by atoms with Crippen LogP contribution in [0.25, 0.3) is 11.5 Å². The first-order valence-electron chi connectivity index (χ1n) is 9.58. The Hall–Kier alpha value is -3.55. The Labute approximate surface area is 174 Å². The smallest absolute Gasteiger partial charge is 0.258 e. The number of methoxy groups -OCH3 is 3. The summed E-state index contributed by atoms with van der Waals surface area (Å²) in [6.45, 7) is 1.06. The van der Waals surface area contributed by atoms with Gasteiger partial charge >= 0.3 is 0 Å². The van der Waals surface area contributed by atoms with Gasteiger partial charge in [0, 0.05) is 31.0 Å². The topological polar surface area (TPSA) is 86.9 Å². The maximum Gasteiger partial charge on any atom is 0.258 e. The molecule has 1 amide bonds. The molecule has 0 N–H and O–H groups in total. The van der Waals surface area contributed by atoms with Gasteiger partial charge in [0.15, 0.2) is 17.3 Å². The van der Waals surface area contributed by atoms with Crippen LogP contribution in [0.3, 0.4) is 0 Å². The zero-order chi connectivity index (χ0) is 21.1. The number of ether oxygens (including phenoxy) is 3. The number of carbonyl (C=O) groups is 1. The summed E-state index contributed by atoms with van der Waals surface area (Å²) in [7, 11) is 4.78. The van der Waals surface area contributed by atoms with E-state index in [9.17, 15) is 4.79 Å². The maximum atomic E-state index is 12.5. The number of carbonyl (C=O) groups excluding carboxylic acids is 1. The second kappa shape index (κ2) is 8.44. The van der Waals surface area contributed by atoms with Gasteiger partial charge in [0.1, 0.15) is 5.75 Å². The maximum absolute atomic E-state index is 12.5. The van der Waals surface area contributed by atoms with Crippen molar-refractivity contribution in [3.05, 3.63) is 53.9 Å². The Bertz CT molecular complexity index is 1050. The fourth-order valence-electron chi connectivity index (χ4n) is 3.58. The molecule has 0 bridgehead atoms. The number of hydrogen-bond acceptors (Lipinski definition) is 7. The molecule has 1 saturated heterocycles. The van der Waals surface area contributed by atoms with Crippen LogP contribution in [0.1, 0.15) is 23.7 Å². The monoisotopic (exact) mass is 409 g/mol. The van der Waals surface area contributed by atoms with E-state index in [1.807, 2.05) is 35.2 Å². The summed E-state index contributed by atoms with van der Waals surface area (Å²) in [5.41, 5.74) is 1.74. The standard InChI is InChI=1S/C22H23N3O5/c1-27-17-6-4-5-14(9-17)12-25-13-16(11-20(25)26)21-23-22(30-24-21)15-7-8-18(28-2)19(10-15)29-3/h4-10,16H,11-13H2,1-3H3. The Morgan fingerprint density at radius 3 is 2.67 bits per heavy atom. The van der Waals surface area contributed by atoms with Crippen molar-refractivity contribution in [1.82, 2.24) is 15.0 Å². The van der Waals surface area contributed by atoms with Gasteiger partial charge in [-0.15, -0.1) is 0 Å². The van der Waals surface area contributed by atoms with Gasteiger partial charge in [-0.2, -0.15) is 4.98 Å². The number of nitrogens with zero attached hydrogens (tertiary/aromatic N) is 3. The summed E-state index contributed by atoms with van der Waals surface area (Å²) in [6, 6.07) is 13.1. The molecule has 3 aromatic rings. The van der Waals surface area contributed by atoms with Crippen LogP contribution < -0.4 is 14.2 Å². The van der Waals surface area contributed by atoms with Gasteiger partial charge in [-0.1, -0.05) is 17.3 Å². The first kappa shape index (κ1) is 19.8. The third-order valence-corrected chi connectivity index (χ3v) is 5.16. The molecule has 0 radical (unpaired) electrons. The van der Waals surface area contributed by atoms with Crippen molar-refractivity contribution in [2.24, 2.45) is 0 Å². The van der Waals surface area contributed by atoms with E-state index in [1.165, 1.54) is 0 Å². The lowest BCUT2D eigenvalue weighted by atomic mass is 10.1. The Morgan fingerprint density at radius 2 is 1.90 bits per heavy atom. The van der Waals surface area contributed by atoms with Gasteiger partial charge in [0.2, 0.25) is 5.91 Å². The van der Waals surface area contributed by atoms with Crippen molar-refractivity contribution in [1.29, 1.82) is 0 Å². The molecular formula is C22H23N3O5. The average Bonchev–Trinajstić information content (AvgIpc) is 3.40. The van der Waals surface area contributed by atoms with E-state index >= 15 is 0 Å². The molecule has 8 heteroatoms. The molecule has 0 spiro atoms. The molecule has 8 nitrogen and oxygen atoms in total. The van der Waals surface area contributed by atoms with E-state index in [0.29, 0.717) is 42.7 Å². The number of likely N-dealkylation sites (tertiary alicyclic amines) is 1. The highest BCUT2D eigenvalue weighted by Gasteiger charge is 2.33. The van der Waals surface area contributed by atoms with Crippen LogP contribution in [-0.4, -0.2) is 48.8 Å². The lowest BCUT2D eigenvalue weighted by molar-refractivity contribution is -0.128. The van der Waals surface area contributed by atoms with Crippen LogP contribution in [0.15, 0.2) is 47.0 Å². The van der Waals surface area contributed by atoms with Crippen molar-refractivity contribution in [3.8, 4) is 28.7 Å². The predicted octanol–water partition coefficient (Wildman–Crippen LogP) is 3.28. The fraction of sp³-hybridized carbons (Fsp3) is 0.318. The molecule has 2 heterocycles. The van der Waals surface area contributed by atoms with E-state index < -0.39 is 0 Å². The highest BCUT2D eigenvalue weighted by atomic mass is 16.5. The largest absolute Gasteiger partial charge is 0.497 e. The van der Waals surface area contributed by atoms with Crippen LogP contribution in [-0.2, 0) is 11.3 Å². The van der Waals surface area contributed by atoms with Crippen LogP contribution in [0.2, 0.25) is 0 Å². The quantitative estimate of drug-likeness (QED) is 0.592. The summed E-state index contributed by atoms with van der Waals surface area (Å²) in [6.07, 6.45) is 0.356. The second-order valence-electron chi connectivity index (χ2n) is 7.05. The molecular weight excluding hydrogens is 386 g/mol. The summed E-state index contributed by atoms with van der Waals surface area (Å²) in [5, 5.41) is 4.12. The molecule has 1 aromatic heterocycles. The van der Waals surface area contributed by atoms with E-state index in [1.54, 1.807) is 33.5 Å². The summed E-state index contributed by atoms with van der Waals surface area (Å²) in [5.74, 6) is 2.84. The molecule has 1 aliphatic heterocycles. The van der Waals surface area contributed by atoms with E-state index in [4.69, 9.17) is 18.7 Å². The zero-order valence-electron chi connectivity index (χ0n) is 17.1. The Kier molecular flexibility index (Phi) is 5.56. The molecule has 2 aromatic carbocycles. The average molecular weight is 409 g/mol. The van der Waals surface area contributed by atoms with Gasteiger partial charge in [-0.25, -0.2) is 0 Å². The third kappa shape index (κ3) is 3.94. The predicted molar refractivity (Wildman–Crippen MR) is 109 cm³/mol. The first-order valence-corrected chi connectivity index (χ1v) is 9.58. The molecule has 1 fully saturated rings. The lowest BCUT2D eigenvalue weighted by Crippen LogP contribution is -2.24. The van der Waals surface area contributed by atoms with Crippen LogP contribution in [0, 0.1) is 0 Å². The van der Waals surface area contributed by atoms with E-state index in [2.05, 4.69) is 10.1 Å². The molecule has 30 heavy (non-hydrogen) atoms. The highest BCUT2D eigenvalue weighted by Crippen LogP contribution is 2.33. The number of benzene rings is 2. The number of aromatic nitrogens is 2. The minimum Gasteiger partial charge on any atom is -0.497 e. The SMILES string of the molecule is COc1cccc(CN2CC(c3noc(-c4ccc(OC)c(OC)c4)n3)CC2=O)c1. The molecule has 156 valence electrons. The number of hydrogen-bond donors (Lipinski definition) is 0. The fourth-order valence-corrected chi connectivity index (χ4v) is 3.58. The van der Waals surface area contributed by atoms with Crippen molar-refractivity contribution in [2.75, 3.05) is 27.9 Å².